The van der Waals surface area contributed by atoms with E-state index in [1.807, 2.05) is 30.7 Å². The Morgan fingerprint density at radius 2 is 1.94 bits per heavy atom. The predicted molar refractivity (Wildman–Crippen MR) is 128 cm³/mol. The van der Waals surface area contributed by atoms with Gasteiger partial charge in [0, 0.05) is 6.42 Å². The number of ether oxygens (including phenoxy) is 1. The highest BCUT2D eigenvalue weighted by Gasteiger charge is 2.34. The standard InChI is InChI=1S/C25H31NO6S/c1-5-6-7-8-17-14-20(27)22(19-13-16(4)9-10-18(19)15(2)3)23(28)24(17)33(30,31)26-25(29)21-11-12-32-21/h9-10,13-14,21,27-28H,2,5-8,11-12H2,1,3-4H3,(H,26,29). The fourth-order valence-electron chi connectivity index (χ4n) is 3.93. The van der Waals surface area contributed by atoms with Crippen LogP contribution in [0.4, 0.5) is 0 Å². The minimum absolute atomic E-state index is 0.0105. The number of carbonyl (C=O) groups is 1. The van der Waals surface area contributed by atoms with Gasteiger partial charge in [-0.25, -0.2) is 13.1 Å². The van der Waals surface area contributed by atoms with Crippen molar-refractivity contribution in [2.75, 3.05) is 6.61 Å². The van der Waals surface area contributed by atoms with Gasteiger partial charge in [0.1, 0.15) is 22.5 Å². The molecule has 0 saturated carbocycles. The molecule has 0 aliphatic carbocycles. The molecule has 0 spiro atoms. The van der Waals surface area contributed by atoms with E-state index in [9.17, 15) is 23.4 Å². The van der Waals surface area contributed by atoms with E-state index in [1.165, 1.54) is 6.07 Å². The number of hydrogen-bond donors (Lipinski definition) is 3. The zero-order chi connectivity index (χ0) is 24.3. The Hall–Kier alpha value is -2.84. The molecule has 1 atom stereocenters. The summed E-state index contributed by atoms with van der Waals surface area (Å²) < 4.78 is 33.7. The molecule has 1 aliphatic heterocycles. The minimum Gasteiger partial charge on any atom is -0.507 e. The van der Waals surface area contributed by atoms with E-state index < -0.39 is 32.7 Å². The van der Waals surface area contributed by atoms with Gasteiger partial charge in [0.15, 0.2) is 0 Å². The fourth-order valence-corrected chi connectivity index (χ4v) is 5.30. The molecule has 1 amide bonds. The smallest absolute Gasteiger partial charge is 0.268 e. The number of rotatable bonds is 9. The van der Waals surface area contributed by atoms with Gasteiger partial charge in [-0.05, 0) is 49.4 Å². The molecule has 33 heavy (non-hydrogen) atoms. The van der Waals surface area contributed by atoms with E-state index in [0.717, 1.165) is 18.4 Å². The first-order chi connectivity index (χ1) is 15.6. The van der Waals surface area contributed by atoms with Crippen molar-refractivity contribution in [2.45, 2.75) is 63.9 Å². The summed E-state index contributed by atoms with van der Waals surface area (Å²) in [7, 11) is -4.43. The SMILES string of the molecule is C=C(C)c1ccc(C)cc1-c1c(O)cc(CCCCC)c(S(=O)(=O)NC(=O)C2CCO2)c1O. The van der Waals surface area contributed by atoms with Gasteiger partial charge in [0.05, 0.1) is 12.2 Å². The highest BCUT2D eigenvalue weighted by atomic mass is 32.2. The molecule has 7 nitrogen and oxygen atoms in total. The Kier molecular flexibility index (Phi) is 7.49. The van der Waals surface area contributed by atoms with Gasteiger partial charge in [-0.3, -0.25) is 4.79 Å². The van der Waals surface area contributed by atoms with Crippen LogP contribution in [0.1, 0.15) is 56.2 Å². The van der Waals surface area contributed by atoms with Crippen molar-refractivity contribution < 1.29 is 28.2 Å². The number of nitrogens with one attached hydrogen (secondary N) is 1. The second-order valence-corrected chi connectivity index (χ2v) is 10.1. The van der Waals surface area contributed by atoms with Crippen molar-refractivity contribution in [3.63, 3.8) is 0 Å². The third kappa shape index (κ3) is 5.23. The third-order valence-corrected chi connectivity index (χ3v) is 7.22. The van der Waals surface area contributed by atoms with Crippen LogP contribution in [0.2, 0.25) is 0 Å². The first kappa shape index (κ1) is 24.8. The molecule has 1 heterocycles. The first-order valence-corrected chi connectivity index (χ1v) is 12.6. The summed E-state index contributed by atoms with van der Waals surface area (Å²) in [4.78, 5) is 12.0. The highest BCUT2D eigenvalue weighted by Crippen LogP contribution is 2.46. The Labute approximate surface area is 195 Å². The van der Waals surface area contributed by atoms with Crippen molar-refractivity contribution in [1.82, 2.24) is 4.72 Å². The summed E-state index contributed by atoms with van der Waals surface area (Å²) >= 11 is 0. The Morgan fingerprint density at radius 1 is 1.24 bits per heavy atom. The predicted octanol–water partition coefficient (Wildman–Crippen LogP) is 4.43. The second kappa shape index (κ2) is 9.97. The van der Waals surface area contributed by atoms with Gasteiger partial charge in [-0.1, -0.05) is 55.7 Å². The number of hydrogen-bond acceptors (Lipinski definition) is 6. The minimum atomic E-state index is -4.43. The van der Waals surface area contributed by atoms with Crippen LogP contribution in [0.25, 0.3) is 16.7 Å². The number of carbonyl (C=O) groups excluding carboxylic acids is 1. The van der Waals surface area contributed by atoms with E-state index in [4.69, 9.17) is 4.74 Å². The average Bonchev–Trinajstić information content (AvgIpc) is 2.65. The van der Waals surface area contributed by atoms with Crippen LogP contribution in [0.15, 0.2) is 35.7 Å². The number of aryl methyl sites for hydroxylation is 2. The molecule has 1 unspecified atom stereocenters. The summed E-state index contributed by atoms with van der Waals surface area (Å²) in [6, 6.07) is 6.81. The molecule has 2 aromatic carbocycles. The molecule has 178 valence electrons. The molecule has 0 aromatic heterocycles. The van der Waals surface area contributed by atoms with Crippen LogP contribution in [-0.4, -0.2) is 37.2 Å². The zero-order valence-corrected chi connectivity index (χ0v) is 20.1. The van der Waals surface area contributed by atoms with Crippen molar-refractivity contribution in [3.8, 4) is 22.6 Å². The number of amides is 1. The van der Waals surface area contributed by atoms with Crippen LogP contribution in [0.5, 0.6) is 11.5 Å². The number of unbranched alkanes of at least 4 members (excludes halogenated alkanes) is 2. The van der Waals surface area contributed by atoms with Crippen molar-refractivity contribution >= 4 is 21.5 Å². The van der Waals surface area contributed by atoms with Gasteiger partial charge < -0.3 is 14.9 Å². The molecule has 1 fully saturated rings. The fraction of sp³-hybridized carbons (Fsp3) is 0.400. The molecule has 2 aromatic rings. The number of aromatic hydroxyl groups is 2. The molecule has 1 saturated heterocycles. The molecular weight excluding hydrogens is 442 g/mol. The Morgan fingerprint density at radius 3 is 2.52 bits per heavy atom. The summed E-state index contributed by atoms with van der Waals surface area (Å²) in [6.45, 7) is 10.0. The maximum Gasteiger partial charge on any atom is 0.268 e. The lowest BCUT2D eigenvalue weighted by atomic mass is 9.91. The number of benzene rings is 2. The number of phenols is 2. The van der Waals surface area contributed by atoms with E-state index in [-0.39, 0.29) is 16.9 Å². The summed E-state index contributed by atoms with van der Waals surface area (Å²) in [5, 5.41) is 22.2. The lowest BCUT2D eigenvalue weighted by Crippen LogP contribution is -2.45. The lowest BCUT2D eigenvalue weighted by Gasteiger charge is -2.25. The molecule has 8 heteroatoms. The summed E-state index contributed by atoms with van der Waals surface area (Å²) in [6.07, 6.45) is 2.36. The van der Waals surface area contributed by atoms with Crippen LogP contribution in [0.3, 0.4) is 0 Å². The summed E-state index contributed by atoms with van der Waals surface area (Å²) in [5.74, 6) is -1.60. The normalized spacial score (nSPS) is 15.7. The molecule has 3 N–H and O–H groups in total. The quantitative estimate of drug-likeness (QED) is 0.464. The zero-order valence-electron chi connectivity index (χ0n) is 19.3. The Balaban J connectivity index is 2.21. The highest BCUT2D eigenvalue weighted by molar-refractivity contribution is 7.90. The monoisotopic (exact) mass is 473 g/mol. The topological polar surface area (TPSA) is 113 Å². The van der Waals surface area contributed by atoms with Gasteiger partial charge >= 0.3 is 0 Å². The maximum atomic E-state index is 13.3. The molecule has 0 radical (unpaired) electrons. The first-order valence-electron chi connectivity index (χ1n) is 11.1. The number of allylic oxidation sites excluding steroid dienone is 1. The van der Waals surface area contributed by atoms with Crippen LogP contribution in [0, 0.1) is 6.92 Å². The Bertz CT molecular complexity index is 1180. The van der Waals surface area contributed by atoms with E-state index in [2.05, 4.69) is 6.58 Å². The van der Waals surface area contributed by atoms with E-state index in [1.54, 1.807) is 13.0 Å². The molecular formula is C25H31NO6S. The average molecular weight is 474 g/mol. The largest absolute Gasteiger partial charge is 0.507 e. The molecule has 1 aliphatic rings. The molecule has 3 rings (SSSR count). The van der Waals surface area contributed by atoms with Gasteiger partial charge in [-0.2, -0.15) is 0 Å². The summed E-state index contributed by atoms with van der Waals surface area (Å²) in [5.41, 5.74) is 2.92. The van der Waals surface area contributed by atoms with Gasteiger partial charge in [0.2, 0.25) is 0 Å². The lowest BCUT2D eigenvalue weighted by molar-refractivity contribution is -0.142. The van der Waals surface area contributed by atoms with Crippen LogP contribution < -0.4 is 4.72 Å². The maximum absolute atomic E-state index is 13.3. The van der Waals surface area contributed by atoms with Gasteiger partial charge in [0.25, 0.3) is 15.9 Å². The number of phenolic OH excluding ortho intramolecular Hbond substituents is 2. The van der Waals surface area contributed by atoms with Crippen LogP contribution >= 0.6 is 0 Å². The van der Waals surface area contributed by atoms with E-state index in [0.29, 0.717) is 42.6 Å². The van der Waals surface area contributed by atoms with Gasteiger partial charge in [-0.15, -0.1) is 0 Å². The third-order valence-electron chi connectivity index (χ3n) is 5.76. The van der Waals surface area contributed by atoms with Crippen LogP contribution in [-0.2, 0) is 26.0 Å². The second-order valence-electron chi connectivity index (χ2n) is 8.51. The number of sulfonamides is 1. The van der Waals surface area contributed by atoms with Crippen molar-refractivity contribution in [3.05, 3.63) is 47.5 Å². The molecule has 0 bridgehead atoms. The van der Waals surface area contributed by atoms with E-state index >= 15 is 0 Å². The van der Waals surface area contributed by atoms with Crippen molar-refractivity contribution in [2.24, 2.45) is 0 Å². The van der Waals surface area contributed by atoms with Crippen molar-refractivity contribution in [1.29, 1.82) is 0 Å².